The van der Waals surface area contributed by atoms with Gasteiger partial charge in [-0.3, -0.25) is 0 Å². The molecule has 0 saturated carbocycles. The fourth-order valence-corrected chi connectivity index (χ4v) is 3.22. The molecule has 0 spiro atoms. The van der Waals surface area contributed by atoms with Crippen LogP contribution < -0.4 is 5.32 Å². The first-order valence-electron chi connectivity index (χ1n) is 5.63. The van der Waals surface area contributed by atoms with Gasteiger partial charge in [-0.25, -0.2) is 0 Å². The van der Waals surface area contributed by atoms with E-state index in [9.17, 15) is 5.11 Å². The Balaban J connectivity index is 2.03. The van der Waals surface area contributed by atoms with Crippen LogP contribution in [-0.2, 0) is 0 Å². The maximum absolute atomic E-state index is 9.42. The van der Waals surface area contributed by atoms with E-state index in [-0.39, 0.29) is 0 Å². The zero-order valence-corrected chi connectivity index (χ0v) is 9.76. The van der Waals surface area contributed by atoms with Crippen LogP contribution in [0.2, 0.25) is 0 Å². The van der Waals surface area contributed by atoms with Crippen molar-refractivity contribution in [3.8, 4) is 5.75 Å². The number of benzene rings is 1. The van der Waals surface area contributed by atoms with Gasteiger partial charge < -0.3 is 10.4 Å². The number of nitrogens with zero attached hydrogens (tertiary/aromatic N) is 1. The van der Waals surface area contributed by atoms with E-state index in [2.05, 4.69) is 9.69 Å². The molecule has 0 amide bonds. The molecule has 84 valence electrons. The summed E-state index contributed by atoms with van der Waals surface area (Å²) < 4.78 is 5.65. The molecule has 1 saturated heterocycles. The third-order valence-corrected chi connectivity index (χ3v) is 4.03. The summed E-state index contributed by atoms with van der Waals surface area (Å²) in [7, 11) is 0. The molecule has 3 rings (SSSR count). The number of piperidine rings is 1. The van der Waals surface area contributed by atoms with Crippen molar-refractivity contribution < 1.29 is 5.11 Å². The lowest BCUT2D eigenvalue weighted by atomic mass is 9.93. The Morgan fingerprint density at radius 1 is 1.31 bits per heavy atom. The molecular weight excluding hydrogens is 220 g/mol. The summed E-state index contributed by atoms with van der Waals surface area (Å²) >= 11 is 1.49. The Morgan fingerprint density at radius 3 is 2.94 bits per heavy atom. The number of fused-ring (bicyclic) bond motifs is 1. The SMILES string of the molecule is Oc1ccc2c(C3CCNCC3)nsc2c1. The molecule has 2 N–H and O–H groups in total. The summed E-state index contributed by atoms with van der Waals surface area (Å²) in [5, 5.41) is 14.0. The predicted molar refractivity (Wildman–Crippen MR) is 66.1 cm³/mol. The molecule has 1 aliphatic rings. The lowest BCUT2D eigenvalue weighted by Gasteiger charge is -2.21. The number of aromatic nitrogens is 1. The van der Waals surface area contributed by atoms with Crippen molar-refractivity contribution in [1.29, 1.82) is 0 Å². The Bertz CT molecular complexity index is 503. The Morgan fingerprint density at radius 2 is 2.12 bits per heavy atom. The Kier molecular flexibility index (Phi) is 2.53. The third-order valence-electron chi connectivity index (χ3n) is 3.21. The minimum atomic E-state index is 0.327. The summed E-state index contributed by atoms with van der Waals surface area (Å²) in [6.07, 6.45) is 2.33. The van der Waals surface area contributed by atoms with E-state index in [1.807, 2.05) is 6.07 Å². The van der Waals surface area contributed by atoms with E-state index in [0.29, 0.717) is 11.7 Å². The highest BCUT2D eigenvalue weighted by Crippen LogP contribution is 2.34. The average Bonchev–Trinajstić information content (AvgIpc) is 2.73. The van der Waals surface area contributed by atoms with E-state index < -0.39 is 0 Å². The number of phenols is 1. The average molecular weight is 234 g/mol. The van der Waals surface area contributed by atoms with Gasteiger partial charge in [0.15, 0.2) is 0 Å². The molecule has 1 aliphatic heterocycles. The number of aromatic hydroxyl groups is 1. The summed E-state index contributed by atoms with van der Waals surface area (Å²) in [6.45, 7) is 2.17. The second-order valence-electron chi connectivity index (χ2n) is 4.27. The zero-order valence-electron chi connectivity index (χ0n) is 8.94. The first kappa shape index (κ1) is 10.1. The van der Waals surface area contributed by atoms with Crippen LogP contribution in [0.1, 0.15) is 24.5 Å². The molecule has 1 aromatic heterocycles. The molecule has 0 radical (unpaired) electrons. The second kappa shape index (κ2) is 4.03. The van der Waals surface area contributed by atoms with Crippen LogP contribution in [0.25, 0.3) is 10.1 Å². The quantitative estimate of drug-likeness (QED) is 0.796. The maximum Gasteiger partial charge on any atom is 0.117 e. The summed E-state index contributed by atoms with van der Waals surface area (Å²) in [6, 6.07) is 5.55. The Hall–Kier alpha value is -1.13. The molecule has 0 atom stereocenters. The van der Waals surface area contributed by atoms with Crippen molar-refractivity contribution in [2.45, 2.75) is 18.8 Å². The summed E-state index contributed by atoms with van der Waals surface area (Å²) in [4.78, 5) is 0. The van der Waals surface area contributed by atoms with Gasteiger partial charge in [0.2, 0.25) is 0 Å². The highest BCUT2D eigenvalue weighted by Gasteiger charge is 2.20. The van der Waals surface area contributed by atoms with Crippen molar-refractivity contribution in [2.75, 3.05) is 13.1 Å². The zero-order chi connectivity index (χ0) is 11.0. The molecule has 2 aromatic rings. The Labute approximate surface area is 98.3 Å². The van der Waals surface area contributed by atoms with Gasteiger partial charge in [0, 0.05) is 11.3 Å². The van der Waals surface area contributed by atoms with Gasteiger partial charge in [-0.15, -0.1) is 0 Å². The normalized spacial score (nSPS) is 18.0. The van der Waals surface area contributed by atoms with Gasteiger partial charge in [-0.05, 0) is 55.7 Å². The molecule has 0 unspecified atom stereocenters. The van der Waals surface area contributed by atoms with Gasteiger partial charge in [0.25, 0.3) is 0 Å². The molecular formula is C12H14N2OS. The van der Waals surface area contributed by atoms with Crippen molar-refractivity contribution >= 4 is 21.6 Å². The standard InChI is InChI=1S/C12H14N2OS/c15-9-1-2-10-11(7-9)16-14-12(10)8-3-5-13-6-4-8/h1-2,7-8,13,15H,3-6H2. The van der Waals surface area contributed by atoms with Gasteiger partial charge >= 0.3 is 0 Å². The van der Waals surface area contributed by atoms with E-state index in [1.165, 1.54) is 35.5 Å². The van der Waals surface area contributed by atoms with E-state index >= 15 is 0 Å². The van der Waals surface area contributed by atoms with Crippen LogP contribution in [0.3, 0.4) is 0 Å². The molecule has 2 heterocycles. The fraction of sp³-hybridized carbons (Fsp3) is 0.417. The van der Waals surface area contributed by atoms with Crippen LogP contribution in [0.5, 0.6) is 5.75 Å². The lowest BCUT2D eigenvalue weighted by molar-refractivity contribution is 0.457. The number of phenolic OH excluding ortho intramolecular Hbond substituents is 1. The number of rotatable bonds is 1. The largest absolute Gasteiger partial charge is 0.508 e. The lowest BCUT2D eigenvalue weighted by Crippen LogP contribution is -2.26. The molecule has 1 fully saturated rings. The predicted octanol–water partition coefficient (Wildman–Crippen LogP) is 2.47. The third kappa shape index (κ3) is 1.68. The monoisotopic (exact) mass is 234 g/mol. The molecule has 1 aromatic carbocycles. The van der Waals surface area contributed by atoms with Crippen molar-refractivity contribution in [3.63, 3.8) is 0 Å². The number of nitrogens with one attached hydrogen (secondary N) is 1. The van der Waals surface area contributed by atoms with Crippen LogP contribution in [-0.4, -0.2) is 22.6 Å². The van der Waals surface area contributed by atoms with E-state index in [4.69, 9.17) is 0 Å². The van der Waals surface area contributed by atoms with Crippen LogP contribution >= 0.6 is 11.5 Å². The molecule has 16 heavy (non-hydrogen) atoms. The highest BCUT2D eigenvalue weighted by atomic mass is 32.1. The topological polar surface area (TPSA) is 45.1 Å². The molecule has 4 heteroatoms. The molecule has 3 nitrogen and oxygen atoms in total. The van der Waals surface area contributed by atoms with Gasteiger partial charge in [-0.1, -0.05) is 0 Å². The summed E-state index contributed by atoms with van der Waals surface area (Å²) in [5.74, 6) is 0.910. The minimum Gasteiger partial charge on any atom is -0.508 e. The number of hydrogen-bond acceptors (Lipinski definition) is 4. The van der Waals surface area contributed by atoms with Crippen LogP contribution in [0.4, 0.5) is 0 Å². The van der Waals surface area contributed by atoms with Crippen molar-refractivity contribution in [3.05, 3.63) is 23.9 Å². The van der Waals surface area contributed by atoms with E-state index in [0.717, 1.165) is 17.8 Å². The molecule has 0 aliphatic carbocycles. The van der Waals surface area contributed by atoms with E-state index in [1.54, 1.807) is 12.1 Å². The summed E-state index contributed by atoms with van der Waals surface area (Å²) in [5.41, 5.74) is 1.22. The smallest absolute Gasteiger partial charge is 0.117 e. The van der Waals surface area contributed by atoms with Crippen LogP contribution in [0, 0.1) is 0 Å². The maximum atomic E-state index is 9.42. The van der Waals surface area contributed by atoms with Gasteiger partial charge in [0.05, 0.1) is 10.4 Å². The first-order chi connectivity index (χ1) is 7.84. The molecule has 0 bridgehead atoms. The van der Waals surface area contributed by atoms with Crippen molar-refractivity contribution in [1.82, 2.24) is 9.69 Å². The fourth-order valence-electron chi connectivity index (χ4n) is 2.34. The first-order valence-corrected chi connectivity index (χ1v) is 6.41. The highest BCUT2D eigenvalue weighted by molar-refractivity contribution is 7.13. The minimum absolute atomic E-state index is 0.327. The van der Waals surface area contributed by atoms with Gasteiger partial charge in [-0.2, -0.15) is 4.37 Å². The van der Waals surface area contributed by atoms with Crippen LogP contribution in [0.15, 0.2) is 18.2 Å². The van der Waals surface area contributed by atoms with Crippen molar-refractivity contribution in [2.24, 2.45) is 0 Å². The number of hydrogen-bond donors (Lipinski definition) is 2. The van der Waals surface area contributed by atoms with Gasteiger partial charge in [0.1, 0.15) is 5.75 Å². The second-order valence-corrected chi connectivity index (χ2v) is 5.08.